The molecule has 1 aromatic carbocycles. The lowest BCUT2D eigenvalue weighted by atomic mass is 9.54. The van der Waals surface area contributed by atoms with Crippen molar-refractivity contribution in [2.45, 2.75) is 51.9 Å². The molecule has 3 aliphatic carbocycles. The van der Waals surface area contributed by atoms with Crippen molar-refractivity contribution < 1.29 is 9.53 Å². The molecule has 0 N–H and O–H groups in total. The van der Waals surface area contributed by atoms with Gasteiger partial charge in [-0.15, -0.1) is 0 Å². The maximum absolute atomic E-state index is 12.6. The van der Waals surface area contributed by atoms with E-state index in [0.717, 1.165) is 31.4 Å². The second-order valence-electron chi connectivity index (χ2n) is 7.64. The third-order valence-electron chi connectivity index (χ3n) is 6.78. The van der Waals surface area contributed by atoms with Gasteiger partial charge in [0.05, 0.1) is 12.5 Å². The number of methoxy groups -OCH3 is 1. The fraction of sp³-hybridized carbons (Fsp3) is 0.571. The minimum absolute atomic E-state index is 0.126. The summed E-state index contributed by atoms with van der Waals surface area (Å²) in [5.41, 5.74) is 4.31. The van der Waals surface area contributed by atoms with Gasteiger partial charge in [-0.1, -0.05) is 31.6 Å². The first-order valence-electron chi connectivity index (χ1n) is 9.01. The van der Waals surface area contributed by atoms with Gasteiger partial charge in [0.2, 0.25) is 0 Å². The molecule has 0 saturated heterocycles. The van der Waals surface area contributed by atoms with Crippen molar-refractivity contribution in [3.63, 3.8) is 0 Å². The Bertz CT molecular complexity index is 687. The molecule has 122 valence electrons. The van der Waals surface area contributed by atoms with Crippen LogP contribution in [-0.4, -0.2) is 12.9 Å². The SMILES string of the molecule is CCC12CC[C@@H]3c4ccc(OC)cc4C[C@@H](C)[C@H]3C1=CCC2=O. The molecule has 1 unspecified atom stereocenters. The first-order chi connectivity index (χ1) is 11.1. The fourth-order valence-corrected chi connectivity index (χ4v) is 5.64. The van der Waals surface area contributed by atoms with E-state index in [-0.39, 0.29) is 5.41 Å². The monoisotopic (exact) mass is 310 g/mol. The van der Waals surface area contributed by atoms with Crippen LogP contribution in [0.1, 0.15) is 56.6 Å². The number of Topliss-reactive ketones (excluding diaryl/α,β-unsaturated/α-hetero) is 1. The van der Waals surface area contributed by atoms with Crippen LogP contribution in [0.5, 0.6) is 5.75 Å². The summed E-state index contributed by atoms with van der Waals surface area (Å²) in [7, 11) is 1.74. The van der Waals surface area contributed by atoms with Gasteiger partial charge >= 0.3 is 0 Å². The largest absolute Gasteiger partial charge is 0.497 e. The zero-order valence-electron chi connectivity index (χ0n) is 14.4. The van der Waals surface area contributed by atoms with Crippen molar-refractivity contribution in [1.82, 2.24) is 0 Å². The van der Waals surface area contributed by atoms with Crippen LogP contribution in [-0.2, 0) is 11.2 Å². The number of rotatable bonds is 2. The van der Waals surface area contributed by atoms with E-state index < -0.39 is 0 Å². The van der Waals surface area contributed by atoms with Crippen LogP contribution < -0.4 is 4.74 Å². The molecule has 0 amide bonds. The summed E-state index contributed by atoms with van der Waals surface area (Å²) in [5, 5.41) is 0. The van der Waals surface area contributed by atoms with E-state index in [9.17, 15) is 4.79 Å². The molecule has 0 bridgehead atoms. The van der Waals surface area contributed by atoms with Crippen molar-refractivity contribution >= 4 is 5.78 Å². The predicted molar refractivity (Wildman–Crippen MR) is 91.8 cm³/mol. The van der Waals surface area contributed by atoms with Crippen molar-refractivity contribution in [1.29, 1.82) is 0 Å². The van der Waals surface area contributed by atoms with E-state index in [2.05, 4.69) is 38.1 Å². The van der Waals surface area contributed by atoms with Gasteiger partial charge < -0.3 is 4.74 Å². The third kappa shape index (κ3) is 1.96. The summed E-state index contributed by atoms with van der Waals surface area (Å²) < 4.78 is 5.41. The van der Waals surface area contributed by atoms with E-state index >= 15 is 0 Å². The van der Waals surface area contributed by atoms with Crippen LogP contribution in [0.4, 0.5) is 0 Å². The highest BCUT2D eigenvalue weighted by molar-refractivity contribution is 5.92. The Kier molecular flexibility index (Phi) is 3.40. The highest BCUT2D eigenvalue weighted by Crippen LogP contribution is 2.60. The summed E-state index contributed by atoms with van der Waals surface area (Å²) in [5.74, 6) is 3.17. The molecule has 1 fully saturated rings. The summed E-state index contributed by atoms with van der Waals surface area (Å²) in [4.78, 5) is 12.6. The van der Waals surface area contributed by atoms with Crippen LogP contribution in [0.25, 0.3) is 0 Å². The molecule has 2 nitrogen and oxygen atoms in total. The van der Waals surface area contributed by atoms with Crippen molar-refractivity contribution in [2.24, 2.45) is 17.3 Å². The molecule has 0 heterocycles. The molecule has 23 heavy (non-hydrogen) atoms. The van der Waals surface area contributed by atoms with Gasteiger partial charge in [0.1, 0.15) is 11.5 Å². The first kappa shape index (κ1) is 15.0. The summed E-state index contributed by atoms with van der Waals surface area (Å²) in [6.07, 6.45) is 7.20. The molecule has 0 spiro atoms. The second kappa shape index (κ2) is 5.22. The third-order valence-corrected chi connectivity index (χ3v) is 6.78. The Balaban J connectivity index is 1.78. The van der Waals surface area contributed by atoms with Gasteiger partial charge in [0, 0.05) is 6.42 Å². The van der Waals surface area contributed by atoms with Crippen LogP contribution in [0.3, 0.4) is 0 Å². The Morgan fingerprint density at radius 1 is 1.35 bits per heavy atom. The Labute approximate surface area is 138 Å². The summed E-state index contributed by atoms with van der Waals surface area (Å²) >= 11 is 0. The lowest BCUT2D eigenvalue weighted by molar-refractivity contribution is -0.126. The van der Waals surface area contributed by atoms with Crippen LogP contribution >= 0.6 is 0 Å². The van der Waals surface area contributed by atoms with Crippen molar-refractivity contribution in [3.05, 3.63) is 41.0 Å². The van der Waals surface area contributed by atoms with E-state index in [1.165, 1.54) is 16.7 Å². The summed E-state index contributed by atoms with van der Waals surface area (Å²) in [6, 6.07) is 6.59. The molecular weight excluding hydrogens is 284 g/mol. The van der Waals surface area contributed by atoms with E-state index in [1.807, 2.05) is 0 Å². The van der Waals surface area contributed by atoms with Gasteiger partial charge in [-0.2, -0.15) is 0 Å². The quantitative estimate of drug-likeness (QED) is 0.742. The average molecular weight is 310 g/mol. The topological polar surface area (TPSA) is 26.3 Å². The molecule has 0 aliphatic heterocycles. The van der Waals surface area contributed by atoms with Crippen LogP contribution in [0.2, 0.25) is 0 Å². The van der Waals surface area contributed by atoms with Gasteiger partial charge in [0.15, 0.2) is 0 Å². The zero-order valence-corrected chi connectivity index (χ0v) is 14.4. The standard InChI is InChI=1S/C21H26O2/c1-4-21-10-9-17-16-6-5-15(23-3)12-14(16)11-13(2)20(17)18(21)7-8-19(21)22/h5-7,12-13,17,20H,4,8-11H2,1-3H3/t13-,17-,20-,21?/m1/s1. The maximum atomic E-state index is 12.6. The molecule has 0 aromatic heterocycles. The van der Waals surface area contributed by atoms with Crippen LogP contribution in [0.15, 0.2) is 29.8 Å². The zero-order chi connectivity index (χ0) is 16.2. The molecule has 4 rings (SSSR count). The highest BCUT2D eigenvalue weighted by Gasteiger charge is 2.53. The van der Waals surface area contributed by atoms with Gasteiger partial charge in [-0.3, -0.25) is 4.79 Å². The predicted octanol–water partition coefficient (Wildman–Crippen LogP) is 4.68. The number of carbonyl (C=O) groups excluding carboxylic acids is 1. The van der Waals surface area contributed by atoms with Crippen molar-refractivity contribution in [3.8, 4) is 5.75 Å². The number of hydrogen-bond donors (Lipinski definition) is 0. The molecule has 1 saturated carbocycles. The maximum Gasteiger partial charge on any atom is 0.146 e. The highest BCUT2D eigenvalue weighted by atomic mass is 16.5. The number of benzene rings is 1. The van der Waals surface area contributed by atoms with Gasteiger partial charge in [-0.25, -0.2) is 0 Å². The number of carbonyl (C=O) groups is 1. The Hall–Kier alpha value is -1.57. The Morgan fingerprint density at radius 3 is 2.91 bits per heavy atom. The molecular formula is C21H26O2. The number of ketones is 1. The molecule has 1 aromatic rings. The average Bonchev–Trinajstić information content (AvgIpc) is 2.91. The Morgan fingerprint density at radius 2 is 2.17 bits per heavy atom. The number of ether oxygens (including phenoxy) is 1. The molecule has 2 heteroatoms. The lowest BCUT2D eigenvalue weighted by Crippen LogP contribution is -2.42. The molecule has 4 atom stereocenters. The summed E-state index contributed by atoms with van der Waals surface area (Å²) in [6.45, 7) is 4.57. The number of fused-ring (bicyclic) bond motifs is 5. The minimum atomic E-state index is -0.126. The number of allylic oxidation sites excluding steroid dienone is 2. The minimum Gasteiger partial charge on any atom is -0.497 e. The van der Waals surface area contributed by atoms with E-state index in [1.54, 1.807) is 7.11 Å². The van der Waals surface area contributed by atoms with Gasteiger partial charge in [-0.05, 0) is 66.7 Å². The first-order valence-corrected chi connectivity index (χ1v) is 9.01. The molecule has 0 radical (unpaired) electrons. The van der Waals surface area contributed by atoms with E-state index in [0.29, 0.717) is 30.0 Å². The van der Waals surface area contributed by atoms with Crippen LogP contribution in [0, 0.1) is 17.3 Å². The van der Waals surface area contributed by atoms with Gasteiger partial charge in [0.25, 0.3) is 0 Å². The molecule has 3 aliphatic rings. The normalized spacial score (nSPS) is 35.2. The van der Waals surface area contributed by atoms with Crippen molar-refractivity contribution in [2.75, 3.05) is 7.11 Å². The fourth-order valence-electron chi connectivity index (χ4n) is 5.64. The smallest absolute Gasteiger partial charge is 0.146 e. The second-order valence-corrected chi connectivity index (χ2v) is 7.64. The number of hydrogen-bond acceptors (Lipinski definition) is 2. The van der Waals surface area contributed by atoms with E-state index in [4.69, 9.17) is 4.74 Å². The lowest BCUT2D eigenvalue weighted by Gasteiger charge is -2.49.